The first-order valence-corrected chi connectivity index (χ1v) is 13.8. The Morgan fingerprint density at radius 2 is 1.03 bits per heavy atom. The summed E-state index contributed by atoms with van der Waals surface area (Å²) >= 11 is 1.77. The van der Waals surface area contributed by atoms with Crippen molar-refractivity contribution in [3.05, 3.63) is 146 Å². The molecule has 3 heteroatoms. The summed E-state index contributed by atoms with van der Waals surface area (Å²) in [5.41, 5.74) is 8.56. The Morgan fingerprint density at radius 3 is 1.82 bits per heavy atom. The molecule has 5 aromatic carbocycles. The third-order valence-electron chi connectivity index (χ3n) is 6.92. The molecule has 0 N–H and O–H groups in total. The van der Waals surface area contributed by atoms with Crippen LogP contribution in [0.2, 0.25) is 0 Å². The van der Waals surface area contributed by atoms with E-state index in [1.807, 2.05) is 12.1 Å². The molecule has 0 saturated carbocycles. The Morgan fingerprint density at radius 1 is 0.410 bits per heavy atom. The van der Waals surface area contributed by atoms with Crippen molar-refractivity contribution in [2.75, 3.05) is 0 Å². The number of benzene rings is 5. The molecular formula is C36H24N2S. The quantitative estimate of drug-likeness (QED) is 0.227. The Bertz CT molecular complexity index is 1870. The number of rotatable bonds is 5. The van der Waals surface area contributed by atoms with E-state index in [9.17, 15) is 0 Å². The average molecular weight is 517 g/mol. The molecule has 2 nitrogen and oxygen atoms in total. The molecule has 184 valence electrons. The second-order valence-electron chi connectivity index (χ2n) is 9.47. The van der Waals surface area contributed by atoms with Crippen molar-refractivity contribution in [1.82, 2.24) is 9.97 Å². The fourth-order valence-electron chi connectivity index (χ4n) is 4.99. The molecule has 0 saturated heterocycles. The predicted octanol–water partition coefficient (Wildman–Crippen LogP) is 10.0. The number of nitrogens with zero attached hydrogens (tertiary/aromatic N) is 2. The van der Waals surface area contributed by atoms with Crippen molar-refractivity contribution in [3.8, 4) is 55.5 Å². The summed E-state index contributed by atoms with van der Waals surface area (Å²) in [5.74, 6) is 0.726. The van der Waals surface area contributed by atoms with Gasteiger partial charge in [0.2, 0.25) is 0 Å². The van der Waals surface area contributed by atoms with E-state index in [4.69, 9.17) is 9.97 Å². The number of fused-ring (bicyclic) bond motifs is 1. The van der Waals surface area contributed by atoms with Crippen LogP contribution in [0.25, 0.3) is 65.6 Å². The molecule has 0 aliphatic heterocycles. The van der Waals surface area contributed by atoms with E-state index in [0.717, 1.165) is 44.3 Å². The summed E-state index contributed by atoms with van der Waals surface area (Å²) in [5, 5.41) is 1.23. The maximum absolute atomic E-state index is 5.17. The third kappa shape index (κ3) is 4.65. The van der Waals surface area contributed by atoms with Crippen molar-refractivity contribution < 1.29 is 0 Å². The minimum Gasteiger partial charge on any atom is -0.228 e. The average Bonchev–Trinajstić information content (AvgIpc) is 3.47. The molecule has 0 spiro atoms. The first kappa shape index (κ1) is 23.3. The van der Waals surface area contributed by atoms with Crippen LogP contribution in [0, 0.1) is 0 Å². The summed E-state index contributed by atoms with van der Waals surface area (Å²) in [6.07, 6.45) is 0. The normalized spacial score (nSPS) is 11.1. The SMILES string of the molecule is c1ccc(-c2cccc(-c3cc(-c4cc5ccccc5s4)nc(-c4ccccc4-c4ccccc4)n3)c2)cc1. The van der Waals surface area contributed by atoms with Gasteiger partial charge < -0.3 is 0 Å². The highest BCUT2D eigenvalue weighted by atomic mass is 32.1. The van der Waals surface area contributed by atoms with Gasteiger partial charge in [-0.05, 0) is 51.9 Å². The molecule has 0 fully saturated rings. The van der Waals surface area contributed by atoms with Gasteiger partial charge in [-0.25, -0.2) is 9.97 Å². The van der Waals surface area contributed by atoms with Crippen LogP contribution < -0.4 is 0 Å². The van der Waals surface area contributed by atoms with Gasteiger partial charge in [0, 0.05) is 15.8 Å². The van der Waals surface area contributed by atoms with Gasteiger partial charge in [0.05, 0.1) is 16.3 Å². The standard InChI is InChI=1S/C36H24N2S/c1-3-12-25(13-4-1)27-17-11-18-28(22-27)32-24-33(35-23-29-16-7-10-21-34(29)39-35)38-36(37-32)31-20-9-8-19-30(31)26-14-5-2-6-15-26/h1-24H. The van der Waals surface area contributed by atoms with Crippen LogP contribution in [0.4, 0.5) is 0 Å². The molecule has 7 aromatic rings. The second kappa shape index (κ2) is 10.1. The highest BCUT2D eigenvalue weighted by Gasteiger charge is 2.16. The zero-order valence-corrected chi connectivity index (χ0v) is 22.0. The maximum atomic E-state index is 5.17. The zero-order chi connectivity index (χ0) is 26.0. The molecule has 0 bridgehead atoms. The van der Waals surface area contributed by atoms with Crippen LogP contribution in [-0.4, -0.2) is 9.97 Å². The summed E-state index contributed by atoms with van der Waals surface area (Å²) in [4.78, 5) is 11.5. The van der Waals surface area contributed by atoms with Gasteiger partial charge in [-0.1, -0.05) is 121 Å². The Kier molecular flexibility index (Phi) is 6.04. The first-order valence-electron chi connectivity index (χ1n) is 13.0. The maximum Gasteiger partial charge on any atom is 0.161 e. The van der Waals surface area contributed by atoms with Gasteiger partial charge >= 0.3 is 0 Å². The molecular weight excluding hydrogens is 492 g/mol. The molecule has 0 amide bonds. The lowest BCUT2D eigenvalue weighted by atomic mass is 9.98. The lowest BCUT2D eigenvalue weighted by Gasteiger charge is -2.12. The van der Waals surface area contributed by atoms with Crippen molar-refractivity contribution >= 4 is 21.4 Å². The Hall–Kier alpha value is -4.86. The molecule has 0 unspecified atom stereocenters. The van der Waals surface area contributed by atoms with Gasteiger partial charge in [0.15, 0.2) is 5.82 Å². The molecule has 0 radical (unpaired) electrons. The van der Waals surface area contributed by atoms with E-state index in [-0.39, 0.29) is 0 Å². The molecule has 0 atom stereocenters. The fraction of sp³-hybridized carbons (Fsp3) is 0. The van der Waals surface area contributed by atoms with E-state index in [1.54, 1.807) is 11.3 Å². The number of hydrogen-bond donors (Lipinski definition) is 0. The van der Waals surface area contributed by atoms with E-state index in [2.05, 4.69) is 133 Å². The van der Waals surface area contributed by atoms with Gasteiger partial charge in [0.25, 0.3) is 0 Å². The first-order chi connectivity index (χ1) is 19.3. The molecule has 39 heavy (non-hydrogen) atoms. The van der Waals surface area contributed by atoms with Crippen LogP contribution >= 0.6 is 11.3 Å². The summed E-state index contributed by atoms with van der Waals surface area (Å²) in [6, 6.07) is 50.8. The van der Waals surface area contributed by atoms with Crippen LogP contribution in [0.1, 0.15) is 0 Å². The van der Waals surface area contributed by atoms with Crippen molar-refractivity contribution in [2.45, 2.75) is 0 Å². The molecule has 7 rings (SSSR count). The Balaban J connectivity index is 1.44. The van der Waals surface area contributed by atoms with Gasteiger partial charge in [-0.2, -0.15) is 0 Å². The number of hydrogen-bond acceptors (Lipinski definition) is 3. The van der Waals surface area contributed by atoms with Crippen molar-refractivity contribution in [3.63, 3.8) is 0 Å². The Labute approximate surface area is 231 Å². The van der Waals surface area contributed by atoms with Gasteiger partial charge in [-0.3, -0.25) is 0 Å². The predicted molar refractivity (Wildman–Crippen MR) is 165 cm³/mol. The van der Waals surface area contributed by atoms with Crippen LogP contribution in [0.15, 0.2) is 146 Å². The highest BCUT2D eigenvalue weighted by Crippen LogP contribution is 2.37. The summed E-state index contributed by atoms with van der Waals surface area (Å²) < 4.78 is 1.25. The van der Waals surface area contributed by atoms with Crippen LogP contribution in [-0.2, 0) is 0 Å². The minimum atomic E-state index is 0.726. The van der Waals surface area contributed by atoms with E-state index in [1.165, 1.54) is 21.2 Å². The van der Waals surface area contributed by atoms with Gasteiger partial charge in [0.1, 0.15) is 0 Å². The molecule has 2 aromatic heterocycles. The molecule has 2 heterocycles. The van der Waals surface area contributed by atoms with E-state index >= 15 is 0 Å². The zero-order valence-electron chi connectivity index (χ0n) is 21.2. The van der Waals surface area contributed by atoms with Crippen LogP contribution in [0.3, 0.4) is 0 Å². The monoisotopic (exact) mass is 516 g/mol. The van der Waals surface area contributed by atoms with Crippen molar-refractivity contribution in [2.24, 2.45) is 0 Å². The third-order valence-corrected chi connectivity index (χ3v) is 8.06. The lowest BCUT2D eigenvalue weighted by Crippen LogP contribution is -1.97. The van der Waals surface area contributed by atoms with Crippen LogP contribution in [0.5, 0.6) is 0 Å². The summed E-state index contributed by atoms with van der Waals surface area (Å²) in [6.45, 7) is 0. The summed E-state index contributed by atoms with van der Waals surface area (Å²) in [7, 11) is 0. The fourth-order valence-corrected chi connectivity index (χ4v) is 6.01. The molecule has 0 aliphatic rings. The largest absolute Gasteiger partial charge is 0.228 e. The van der Waals surface area contributed by atoms with E-state index < -0.39 is 0 Å². The number of aromatic nitrogens is 2. The molecule has 0 aliphatic carbocycles. The minimum absolute atomic E-state index is 0.726. The smallest absolute Gasteiger partial charge is 0.161 e. The highest BCUT2D eigenvalue weighted by molar-refractivity contribution is 7.22. The van der Waals surface area contributed by atoms with Gasteiger partial charge in [-0.15, -0.1) is 11.3 Å². The lowest BCUT2D eigenvalue weighted by molar-refractivity contribution is 1.19. The number of thiophene rings is 1. The van der Waals surface area contributed by atoms with Crippen molar-refractivity contribution in [1.29, 1.82) is 0 Å². The topological polar surface area (TPSA) is 25.8 Å². The van der Waals surface area contributed by atoms with E-state index in [0.29, 0.717) is 0 Å². The second-order valence-corrected chi connectivity index (χ2v) is 10.6.